The van der Waals surface area contributed by atoms with Gasteiger partial charge in [0.2, 0.25) is 0 Å². The molecule has 0 radical (unpaired) electrons. The Morgan fingerprint density at radius 3 is 2.50 bits per heavy atom. The Labute approximate surface area is 116 Å². The summed E-state index contributed by atoms with van der Waals surface area (Å²) in [4.78, 5) is 0.280. The lowest BCUT2D eigenvalue weighted by molar-refractivity contribution is 0.482. The van der Waals surface area contributed by atoms with Crippen LogP contribution in [-0.2, 0) is 0 Å². The van der Waals surface area contributed by atoms with Crippen molar-refractivity contribution in [1.29, 1.82) is 0 Å². The van der Waals surface area contributed by atoms with Crippen LogP contribution in [0.2, 0.25) is 5.02 Å². The van der Waals surface area contributed by atoms with E-state index in [1.807, 2.05) is 31.2 Å². The van der Waals surface area contributed by atoms with E-state index in [4.69, 9.17) is 34.3 Å². The maximum absolute atomic E-state index is 6.07. The predicted octanol–water partition coefficient (Wildman–Crippen LogP) is 4.07. The normalized spacial score (nSPS) is 10.1. The Kier molecular flexibility index (Phi) is 3.84. The molecule has 0 amide bonds. The number of benzene rings is 2. The Morgan fingerprint density at radius 2 is 1.89 bits per heavy atom. The zero-order chi connectivity index (χ0) is 13.1. The van der Waals surface area contributed by atoms with Crippen molar-refractivity contribution in [2.45, 2.75) is 6.92 Å². The summed E-state index contributed by atoms with van der Waals surface area (Å²) in [5.41, 5.74) is 7.34. The zero-order valence-electron chi connectivity index (χ0n) is 9.81. The van der Waals surface area contributed by atoms with Crippen molar-refractivity contribution in [2.24, 2.45) is 5.73 Å². The first kappa shape index (κ1) is 12.9. The molecule has 2 rings (SSSR count). The molecule has 2 nitrogen and oxygen atoms in total. The van der Waals surface area contributed by atoms with Crippen molar-refractivity contribution in [3.8, 4) is 11.5 Å². The molecule has 4 heteroatoms. The first-order valence-electron chi connectivity index (χ1n) is 5.40. The van der Waals surface area contributed by atoms with Gasteiger partial charge < -0.3 is 10.5 Å². The van der Waals surface area contributed by atoms with Crippen LogP contribution in [0.15, 0.2) is 42.5 Å². The van der Waals surface area contributed by atoms with Crippen LogP contribution in [-0.4, -0.2) is 4.99 Å². The minimum Gasteiger partial charge on any atom is -0.457 e. The summed E-state index contributed by atoms with van der Waals surface area (Å²) in [5.74, 6) is 1.43. The highest BCUT2D eigenvalue weighted by Crippen LogP contribution is 2.27. The van der Waals surface area contributed by atoms with Crippen LogP contribution in [0.25, 0.3) is 0 Å². The molecular weight excluding hydrogens is 266 g/mol. The third-order valence-electron chi connectivity index (χ3n) is 2.43. The first-order chi connectivity index (χ1) is 8.56. The third kappa shape index (κ3) is 3.00. The maximum atomic E-state index is 6.07. The molecule has 92 valence electrons. The van der Waals surface area contributed by atoms with Gasteiger partial charge in [-0.1, -0.05) is 36.0 Å². The van der Waals surface area contributed by atoms with Crippen LogP contribution in [0, 0.1) is 6.92 Å². The van der Waals surface area contributed by atoms with E-state index in [0.29, 0.717) is 16.3 Å². The number of rotatable bonds is 3. The van der Waals surface area contributed by atoms with Crippen LogP contribution < -0.4 is 10.5 Å². The van der Waals surface area contributed by atoms with E-state index >= 15 is 0 Å². The quantitative estimate of drug-likeness (QED) is 0.859. The van der Waals surface area contributed by atoms with Crippen molar-refractivity contribution >= 4 is 28.8 Å². The molecule has 0 atom stereocenters. The highest BCUT2D eigenvalue weighted by atomic mass is 35.5. The summed E-state index contributed by atoms with van der Waals surface area (Å²) in [5, 5.41) is 0.493. The lowest BCUT2D eigenvalue weighted by Crippen LogP contribution is -2.09. The van der Waals surface area contributed by atoms with Crippen molar-refractivity contribution < 1.29 is 4.74 Å². The Bertz CT molecular complexity index is 598. The van der Waals surface area contributed by atoms with Gasteiger partial charge in [0.15, 0.2) is 0 Å². The minimum absolute atomic E-state index is 0.280. The van der Waals surface area contributed by atoms with Gasteiger partial charge in [-0.3, -0.25) is 0 Å². The largest absolute Gasteiger partial charge is 0.457 e. The fraction of sp³-hybridized carbons (Fsp3) is 0.0714. The maximum Gasteiger partial charge on any atom is 0.128 e. The Morgan fingerprint density at radius 1 is 1.17 bits per heavy atom. The van der Waals surface area contributed by atoms with Gasteiger partial charge in [0.25, 0.3) is 0 Å². The van der Waals surface area contributed by atoms with Crippen molar-refractivity contribution in [2.75, 3.05) is 0 Å². The molecule has 0 fully saturated rings. The van der Waals surface area contributed by atoms with Crippen molar-refractivity contribution in [3.63, 3.8) is 0 Å². The second-order valence-electron chi connectivity index (χ2n) is 3.92. The molecule has 0 unspecified atom stereocenters. The molecule has 18 heavy (non-hydrogen) atoms. The molecule has 0 heterocycles. The SMILES string of the molecule is Cc1cccc(Oc2ccc(C(N)=S)c(Cl)c2)c1. The number of hydrogen-bond donors (Lipinski definition) is 1. The third-order valence-corrected chi connectivity index (χ3v) is 2.96. The van der Waals surface area contributed by atoms with E-state index in [2.05, 4.69) is 0 Å². The standard InChI is InChI=1S/C14H12ClNOS/c1-9-3-2-4-10(7-9)17-11-5-6-12(14(16)18)13(15)8-11/h2-8H,1H3,(H2,16,18). The molecule has 0 saturated heterocycles. The number of halogens is 1. The second kappa shape index (κ2) is 5.38. The summed E-state index contributed by atoms with van der Waals surface area (Å²) < 4.78 is 5.71. The van der Waals surface area contributed by atoms with Gasteiger partial charge in [0.05, 0.1) is 5.02 Å². The fourth-order valence-electron chi connectivity index (χ4n) is 1.57. The number of hydrogen-bond acceptors (Lipinski definition) is 2. The fourth-order valence-corrected chi connectivity index (χ4v) is 2.08. The number of ether oxygens (including phenoxy) is 1. The summed E-state index contributed by atoms with van der Waals surface area (Å²) in [6.07, 6.45) is 0. The topological polar surface area (TPSA) is 35.2 Å². The summed E-state index contributed by atoms with van der Waals surface area (Å²) >= 11 is 11.0. The molecule has 2 aromatic carbocycles. The van der Waals surface area contributed by atoms with Crippen molar-refractivity contribution in [3.05, 3.63) is 58.6 Å². The lowest BCUT2D eigenvalue weighted by Gasteiger charge is -2.08. The van der Waals surface area contributed by atoms with Gasteiger partial charge in [0.1, 0.15) is 16.5 Å². The number of nitrogens with two attached hydrogens (primary N) is 1. The molecule has 0 bridgehead atoms. The van der Waals surface area contributed by atoms with Crippen molar-refractivity contribution in [1.82, 2.24) is 0 Å². The van der Waals surface area contributed by atoms with Gasteiger partial charge in [-0.15, -0.1) is 0 Å². The molecule has 2 aromatic rings. The predicted molar refractivity (Wildman–Crippen MR) is 78.6 cm³/mol. The molecule has 0 saturated carbocycles. The molecule has 0 aliphatic carbocycles. The summed E-state index contributed by atoms with van der Waals surface area (Å²) in [6, 6.07) is 13.1. The first-order valence-corrected chi connectivity index (χ1v) is 6.19. The van der Waals surface area contributed by atoms with Crippen LogP contribution in [0.5, 0.6) is 11.5 Å². The number of thiocarbonyl (C=S) groups is 1. The monoisotopic (exact) mass is 277 g/mol. The average molecular weight is 278 g/mol. The van der Waals surface area contributed by atoms with E-state index in [0.717, 1.165) is 11.3 Å². The second-order valence-corrected chi connectivity index (χ2v) is 4.77. The minimum atomic E-state index is 0.280. The van der Waals surface area contributed by atoms with Crippen LogP contribution >= 0.6 is 23.8 Å². The lowest BCUT2D eigenvalue weighted by atomic mass is 10.2. The van der Waals surface area contributed by atoms with Gasteiger partial charge in [-0.05, 0) is 36.8 Å². The average Bonchev–Trinajstić information content (AvgIpc) is 2.28. The highest BCUT2D eigenvalue weighted by Gasteiger charge is 2.05. The molecular formula is C14H12ClNOS. The summed E-state index contributed by atoms with van der Waals surface area (Å²) in [7, 11) is 0. The van der Waals surface area contributed by atoms with E-state index in [9.17, 15) is 0 Å². The summed E-state index contributed by atoms with van der Waals surface area (Å²) in [6.45, 7) is 2.01. The van der Waals surface area contributed by atoms with E-state index in [1.54, 1.807) is 18.2 Å². The van der Waals surface area contributed by atoms with Crippen LogP contribution in [0.4, 0.5) is 0 Å². The molecule has 0 aliphatic heterocycles. The van der Waals surface area contributed by atoms with Crippen LogP contribution in [0.3, 0.4) is 0 Å². The zero-order valence-corrected chi connectivity index (χ0v) is 11.4. The van der Waals surface area contributed by atoms with E-state index in [-0.39, 0.29) is 4.99 Å². The van der Waals surface area contributed by atoms with E-state index < -0.39 is 0 Å². The number of aryl methyl sites for hydroxylation is 1. The molecule has 0 aromatic heterocycles. The van der Waals surface area contributed by atoms with Gasteiger partial charge in [-0.2, -0.15) is 0 Å². The van der Waals surface area contributed by atoms with Crippen LogP contribution in [0.1, 0.15) is 11.1 Å². The molecule has 0 aliphatic rings. The molecule has 0 spiro atoms. The Balaban J connectivity index is 2.25. The van der Waals surface area contributed by atoms with E-state index in [1.165, 1.54) is 0 Å². The molecule has 2 N–H and O–H groups in total. The van der Waals surface area contributed by atoms with Gasteiger partial charge in [-0.25, -0.2) is 0 Å². The smallest absolute Gasteiger partial charge is 0.128 e. The van der Waals surface area contributed by atoms with Gasteiger partial charge in [0, 0.05) is 11.6 Å². The highest BCUT2D eigenvalue weighted by molar-refractivity contribution is 7.80. The van der Waals surface area contributed by atoms with Gasteiger partial charge >= 0.3 is 0 Å². The Hall–Kier alpha value is -1.58.